The van der Waals surface area contributed by atoms with Crippen molar-refractivity contribution in [2.75, 3.05) is 16.2 Å². The molecule has 6 nitrogen and oxygen atoms in total. The number of benzene rings is 4. The first-order valence-electron chi connectivity index (χ1n) is 11.9. The van der Waals surface area contributed by atoms with Gasteiger partial charge in [0.15, 0.2) is 0 Å². The van der Waals surface area contributed by atoms with Crippen molar-refractivity contribution in [1.29, 1.82) is 0 Å². The van der Waals surface area contributed by atoms with E-state index in [2.05, 4.69) is 28.9 Å². The zero-order valence-electron chi connectivity index (χ0n) is 20.5. The number of hydrogen-bond acceptors (Lipinski definition) is 3. The molecular weight excluding hydrogens is 506 g/mol. The van der Waals surface area contributed by atoms with E-state index >= 15 is 0 Å². The van der Waals surface area contributed by atoms with Gasteiger partial charge in [0.05, 0.1) is 10.6 Å². The number of sulfonamides is 1. The molecule has 0 unspecified atom stereocenters. The number of halogens is 1. The van der Waals surface area contributed by atoms with E-state index in [9.17, 15) is 13.2 Å². The zero-order valence-corrected chi connectivity index (χ0v) is 22.1. The van der Waals surface area contributed by atoms with Crippen LogP contribution < -0.4 is 9.62 Å². The van der Waals surface area contributed by atoms with Crippen molar-refractivity contribution >= 4 is 60.7 Å². The van der Waals surface area contributed by atoms with Crippen LogP contribution in [0, 0.1) is 6.92 Å². The van der Waals surface area contributed by atoms with Gasteiger partial charge in [-0.05, 0) is 74.0 Å². The van der Waals surface area contributed by atoms with Gasteiger partial charge >= 0.3 is 0 Å². The highest BCUT2D eigenvalue weighted by atomic mass is 35.5. The molecule has 5 aromatic rings. The largest absolute Gasteiger partial charge is 0.341 e. The summed E-state index contributed by atoms with van der Waals surface area (Å²) in [4.78, 5) is 13.4. The highest BCUT2D eigenvalue weighted by molar-refractivity contribution is 7.92. The van der Waals surface area contributed by atoms with Crippen LogP contribution in [0.3, 0.4) is 0 Å². The molecule has 5 rings (SSSR count). The first-order valence-corrected chi connectivity index (χ1v) is 13.8. The Hall–Kier alpha value is -3.81. The minimum absolute atomic E-state index is 0.103. The molecule has 0 aliphatic heterocycles. The molecular formula is C29H26ClN3O3S. The molecule has 1 N–H and O–H groups in total. The van der Waals surface area contributed by atoms with E-state index in [0.29, 0.717) is 22.0 Å². The van der Waals surface area contributed by atoms with E-state index in [-0.39, 0.29) is 4.90 Å². The van der Waals surface area contributed by atoms with Crippen molar-refractivity contribution in [1.82, 2.24) is 4.57 Å². The fourth-order valence-corrected chi connectivity index (χ4v) is 6.45. The minimum atomic E-state index is -4.01. The van der Waals surface area contributed by atoms with Gasteiger partial charge in [-0.3, -0.25) is 9.10 Å². The van der Waals surface area contributed by atoms with Crippen LogP contribution in [0.15, 0.2) is 95.9 Å². The molecule has 1 heterocycles. The van der Waals surface area contributed by atoms with Gasteiger partial charge in [-0.1, -0.05) is 48.0 Å². The Morgan fingerprint density at radius 1 is 0.892 bits per heavy atom. The van der Waals surface area contributed by atoms with Crippen molar-refractivity contribution < 1.29 is 13.2 Å². The van der Waals surface area contributed by atoms with Crippen LogP contribution in [-0.4, -0.2) is 25.4 Å². The first kappa shape index (κ1) is 24.9. The monoisotopic (exact) mass is 531 g/mol. The van der Waals surface area contributed by atoms with Crippen LogP contribution in [0.25, 0.3) is 21.8 Å². The predicted octanol–water partition coefficient (Wildman–Crippen LogP) is 6.61. The molecule has 0 radical (unpaired) electrons. The molecule has 4 aromatic carbocycles. The fraction of sp³-hybridized carbons (Fsp3) is 0.138. The Labute approximate surface area is 221 Å². The van der Waals surface area contributed by atoms with Gasteiger partial charge in [0.25, 0.3) is 10.0 Å². The lowest BCUT2D eigenvalue weighted by Crippen LogP contribution is -2.38. The second-order valence-corrected chi connectivity index (χ2v) is 11.1. The van der Waals surface area contributed by atoms with Crippen molar-refractivity contribution in [2.45, 2.75) is 25.3 Å². The predicted molar refractivity (Wildman–Crippen MR) is 151 cm³/mol. The Kier molecular flexibility index (Phi) is 6.67. The number of aromatic nitrogens is 1. The smallest absolute Gasteiger partial charge is 0.264 e. The maximum absolute atomic E-state index is 13.6. The Bertz CT molecular complexity index is 1730. The van der Waals surface area contributed by atoms with Crippen LogP contribution in [0.1, 0.15) is 12.5 Å². The number of aryl methyl sites for hydroxylation is 2. The van der Waals surface area contributed by atoms with E-state index in [1.165, 1.54) is 12.1 Å². The molecule has 188 valence electrons. The number of nitrogens with zero attached hydrogens (tertiary/aromatic N) is 2. The van der Waals surface area contributed by atoms with E-state index in [4.69, 9.17) is 11.6 Å². The molecule has 0 aliphatic rings. The summed E-state index contributed by atoms with van der Waals surface area (Å²) in [6.07, 6.45) is 0. The van der Waals surface area contributed by atoms with Gasteiger partial charge in [0.1, 0.15) is 6.54 Å². The number of para-hydroxylation sites is 1. The molecule has 37 heavy (non-hydrogen) atoms. The molecule has 0 saturated carbocycles. The summed E-state index contributed by atoms with van der Waals surface area (Å²) in [5, 5.41) is 5.51. The lowest BCUT2D eigenvalue weighted by molar-refractivity contribution is -0.114. The van der Waals surface area contributed by atoms with E-state index in [1.807, 2.05) is 30.3 Å². The van der Waals surface area contributed by atoms with Gasteiger partial charge in [-0.15, -0.1) is 0 Å². The highest BCUT2D eigenvalue weighted by Gasteiger charge is 2.28. The fourth-order valence-electron chi connectivity index (χ4n) is 4.72. The summed E-state index contributed by atoms with van der Waals surface area (Å²) in [5.74, 6) is -0.451. The van der Waals surface area contributed by atoms with Crippen molar-refractivity contribution in [2.24, 2.45) is 0 Å². The number of rotatable bonds is 7. The third-order valence-corrected chi connectivity index (χ3v) is 8.43. The lowest BCUT2D eigenvalue weighted by Gasteiger charge is -2.25. The SMILES string of the molecule is CCn1c2ccccc2c2cc(NC(=O)CN(c3ccc(Cl)cc3C)S(=O)(=O)c3ccccc3)ccc21. The van der Waals surface area contributed by atoms with Crippen LogP contribution in [0.2, 0.25) is 5.02 Å². The third kappa shape index (κ3) is 4.68. The number of hydrogen-bond donors (Lipinski definition) is 1. The van der Waals surface area contributed by atoms with Gasteiger partial charge in [-0.2, -0.15) is 0 Å². The Morgan fingerprint density at radius 3 is 2.32 bits per heavy atom. The van der Waals surface area contributed by atoms with Gasteiger partial charge < -0.3 is 9.88 Å². The molecule has 0 spiro atoms. The minimum Gasteiger partial charge on any atom is -0.341 e. The molecule has 1 amide bonds. The molecule has 0 aliphatic carbocycles. The molecule has 1 aromatic heterocycles. The van der Waals surface area contributed by atoms with Crippen molar-refractivity contribution in [3.63, 3.8) is 0 Å². The van der Waals surface area contributed by atoms with Crippen LogP contribution in [0.5, 0.6) is 0 Å². The Balaban J connectivity index is 1.50. The average molecular weight is 532 g/mol. The Morgan fingerprint density at radius 2 is 1.59 bits per heavy atom. The van der Waals surface area contributed by atoms with Crippen molar-refractivity contribution in [3.05, 3.63) is 102 Å². The second-order valence-electron chi connectivity index (χ2n) is 8.80. The molecule has 0 fully saturated rings. The average Bonchev–Trinajstić information content (AvgIpc) is 3.21. The summed E-state index contributed by atoms with van der Waals surface area (Å²) in [5.41, 5.74) is 3.84. The third-order valence-electron chi connectivity index (χ3n) is 6.42. The molecule has 0 saturated heterocycles. The molecule has 0 atom stereocenters. The number of anilines is 2. The van der Waals surface area contributed by atoms with Gasteiger partial charge in [0.2, 0.25) is 5.91 Å². The van der Waals surface area contributed by atoms with E-state index in [1.54, 1.807) is 43.3 Å². The maximum Gasteiger partial charge on any atom is 0.264 e. The summed E-state index contributed by atoms with van der Waals surface area (Å²) in [6.45, 7) is 4.29. The lowest BCUT2D eigenvalue weighted by atomic mass is 10.1. The summed E-state index contributed by atoms with van der Waals surface area (Å²) < 4.78 is 30.6. The number of fused-ring (bicyclic) bond motifs is 3. The van der Waals surface area contributed by atoms with Crippen LogP contribution >= 0.6 is 11.6 Å². The molecule has 0 bridgehead atoms. The van der Waals surface area contributed by atoms with Crippen molar-refractivity contribution in [3.8, 4) is 0 Å². The summed E-state index contributed by atoms with van der Waals surface area (Å²) >= 11 is 6.12. The van der Waals surface area contributed by atoms with Gasteiger partial charge in [0, 0.05) is 39.1 Å². The molecule has 8 heteroatoms. The number of carbonyl (C=O) groups is 1. The first-order chi connectivity index (χ1) is 17.8. The highest BCUT2D eigenvalue weighted by Crippen LogP contribution is 2.32. The normalized spacial score (nSPS) is 11.6. The number of amides is 1. The van der Waals surface area contributed by atoms with E-state index in [0.717, 1.165) is 32.7 Å². The standard InChI is InChI=1S/C29H26ClN3O3S/c1-3-32-27-12-8-7-11-24(27)25-18-22(14-16-28(25)32)31-29(34)19-33(26-15-13-21(30)17-20(26)2)37(35,36)23-9-5-4-6-10-23/h4-18H,3,19H2,1-2H3,(H,31,34). The summed E-state index contributed by atoms with van der Waals surface area (Å²) in [7, 11) is -4.01. The van der Waals surface area contributed by atoms with E-state index < -0.39 is 22.5 Å². The van der Waals surface area contributed by atoms with Gasteiger partial charge in [-0.25, -0.2) is 8.42 Å². The summed E-state index contributed by atoms with van der Waals surface area (Å²) in [6, 6.07) is 26.9. The second kappa shape index (κ2) is 9.92. The number of carbonyl (C=O) groups excluding carboxylic acids is 1. The topological polar surface area (TPSA) is 71.4 Å². The van der Waals surface area contributed by atoms with Crippen LogP contribution in [-0.2, 0) is 21.4 Å². The maximum atomic E-state index is 13.6. The number of nitrogens with one attached hydrogen (secondary N) is 1. The van der Waals surface area contributed by atoms with Crippen LogP contribution in [0.4, 0.5) is 11.4 Å². The zero-order chi connectivity index (χ0) is 26.2. The quantitative estimate of drug-likeness (QED) is 0.257.